The van der Waals surface area contributed by atoms with Crippen molar-refractivity contribution >= 4 is 23.2 Å². The molecule has 14 nitrogen and oxygen atoms in total. The van der Waals surface area contributed by atoms with Crippen molar-refractivity contribution in [1.29, 1.82) is 0 Å². The number of aromatic nitrogens is 3. The maximum Gasteiger partial charge on any atom is 0.250 e. The average molecular weight is 725 g/mol. The summed E-state index contributed by atoms with van der Waals surface area (Å²) in [6.07, 6.45) is 6.21. The minimum absolute atomic E-state index is 0.101. The van der Waals surface area contributed by atoms with Crippen LogP contribution in [0.2, 0.25) is 0 Å². The normalized spacial score (nSPS) is 13.5. The van der Waals surface area contributed by atoms with Gasteiger partial charge in [-0.2, -0.15) is 0 Å². The number of ether oxygens (including phenoxy) is 7. The second-order valence-electron chi connectivity index (χ2n) is 12.6. The SMILES string of the molecule is COC1CCN(c2nccc(Cc3cc(NC(C)C)c(NC(=O)COCCOCCOCCOCCOCCOCc4ccccc4)cn3)n2)CC1. The van der Waals surface area contributed by atoms with Crippen LogP contribution in [-0.2, 0) is 51.0 Å². The zero-order chi connectivity index (χ0) is 36.6. The van der Waals surface area contributed by atoms with Crippen molar-refractivity contribution in [3.8, 4) is 0 Å². The molecule has 0 unspecified atom stereocenters. The standard InChI is InChI=1S/C38H56N6O8/c1-30(2)41-35-26-33(25-32-9-12-39-38(42-32)44-13-10-34(46-3)11-14-44)40-27-36(35)43-37(45)29-52-24-22-50-20-18-48-16-15-47-17-19-49-21-23-51-28-31-7-5-4-6-8-31/h4-9,12,26-27,30,34H,10-11,13-25,28-29H2,1-3H3,(H,40,41)(H,43,45). The molecule has 1 saturated heterocycles. The highest BCUT2D eigenvalue weighted by atomic mass is 16.6. The molecule has 3 aromatic rings. The Morgan fingerprint density at radius 3 is 2.02 bits per heavy atom. The molecular weight excluding hydrogens is 668 g/mol. The number of amides is 1. The van der Waals surface area contributed by atoms with Crippen molar-refractivity contribution < 1.29 is 38.0 Å². The molecule has 0 atom stereocenters. The largest absolute Gasteiger partial charge is 0.381 e. The Bertz CT molecular complexity index is 1410. The van der Waals surface area contributed by atoms with E-state index in [2.05, 4.69) is 25.5 Å². The van der Waals surface area contributed by atoms with Crippen LogP contribution >= 0.6 is 0 Å². The molecule has 1 aromatic carbocycles. The number of hydrogen-bond donors (Lipinski definition) is 2. The van der Waals surface area contributed by atoms with Gasteiger partial charge in [0.05, 0.1) is 102 Å². The molecule has 0 saturated carbocycles. The van der Waals surface area contributed by atoms with Gasteiger partial charge in [-0.1, -0.05) is 30.3 Å². The Labute approximate surface area is 307 Å². The molecule has 1 aliphatic rings. The molecule has 1 fully saturated rings. The van der Waals surface area contributed by atoms with E-state index in [-0.39, 0.29) is 25.2 Å². The van der Waals surface area contributed by atoms with Crippen LogP contribution in [0.1, 0.15) is 43.6 Å². The van der Waals surface area contributed by atoms with E-state index in [1.165, 1.54) is 0 Å². The lowest BCUT2D eigenvalue weighted by atomic mass is 10.1. The minimum Gasteiger partial charge on any atom is -0.381 e. The zero-order valence-corrected chi connectivity index (χ0v) is 30.9. The third-order valence-corrected chi connectivity index (χ3v) is 8.00. The molecule has 0 radical (unpaired) electrons. The molecule has 2 N–H and O–H groups in total. The zero-order valence-electron chi connectivity index (χ0n) is 30.9. The summed E-state index contributed by atoms with van der Waals surface area (Å²) in [6, 6.07) is 14.1. The van der Waals surface area contributed by atoms with E-state index in [9.17, 15) is 4.79 Å². The molecular formula is C38H56N6O8. The van der Waals surface area contributed by atoms with Gasteiger partial charge in [0.15, 0.2) is 0 Å². The fourth-order valence-electron chi connectivity index (χ4n) is 5.35. The topological polar surface area (TPSA) is 148 Å². The molecule has 14 heteroatoms. The van der Waals surface area contributed by atoms with E-state index in [1.54, 1.807) is 19.5 Å². The number of piperidine rings is 1. The van der Waals surface area contributed by atoms with Crippen molar-refractivity contribution in [1.82, 2.24) is 15.0 Å². The third-order valence-electron chi connectivity index (χ3n) is 8.00. The minimum atomic E-state index is -0.274. The highest BCUT2D eigenvalue weighted by Crippen LogP contribution is 2.24. The van der Waals surface area contributed by atoms with E-state index in [1.807, 2.05) is 56.3 Å². The van der Waals surface area contributed by atoms with Gasteiger partial charge in [0, 0.05) is 44.6 Å². The summed E-state index contributed by atoms with van der Waals surface area (Å²) < 4.78 is 38.7. The van der Waals surface area contributed by atoms with E-state index < -0.39 is 0 Å². The van der Waals surface area contributed by atoms with E-state index in [0.717, 1.165) is 54.5 Å². The van der Waals surface area contributed by atoms with E-state index in [4.69, 9.17) is 38.1 Å². The van der Waals surface area contributed by atoms with Gasteiger partial charge in [-0.3, -0.25) is 9.78 Å². The second kappa shape index (κ2) is 24.5. The molecule has 0 spiro atoms. The Hall–Kier alpha value is -3.76. The number of nitrogens with one attached hydrogen (secondary N) is 2. The Morgan fingerprint density at radius 2 is 1.40 bits per heavy atom. The van der Waals surface area contributed by atoms with Crippen LogP contribution in [0.25, 0.3) is 0 Å². The first-order chi connectivity index (χ1) is 25.5. The fourth-order valence-corrected chi connectivity index (χ4v) is 5.35. The monoisotopic (exact) mass is 724 g/mol. The highest BCUT2D eigenvalue weighted by molar-refractivity contribution is 5.94. The smallest absolute Gasteiger partial charge is 0.250 e. The maximum absolute atomic E-state index is 12.7. The summed E-state index contributed by atoms with van der Waals surface area (Å²) >= 11 is 0. The number of rotatable bonds is 26. The highest BCUT2D eigenvalue weighted by Gasteiger charge is 2.21. The summed E-state index contributed by atoms with van der Waals surface area (Å²) in [7, 11) is 1.76. The summed E-state index contributed by atoms with van der Waals surface area (Å²) in [5.41, 5.74) is 4.23. The van der Waals surface area contributed by atoms with Crippen LogP contribution in [0, 0.1) is 0 Å². The number of hydrogen-bond acceptors (Lipinski definition) is 13. The first-order valence-electron chi connectivity index (χ1n) is 18.2. The lowest BCUT2D eigenvalue weighted by Gasteiger charge is -2.31. The number of methoxy groups -OCH3 is 1. The van der Waals surface area contributed by atoms with Gasteiger partial charge in [-0.25, -0.2) is 9.97 Å². The van der Waals surface area contributed by atoms with Gasteiger partial charge in [-0.15, -0.1) is 0 Å². The van der Waals surface area contributed by atoms with Crippen molar-refractivity contribution in [2.24, 2.45) is 0 Å². The predicted molar refractivity (Wildman–Crippen MR) is 199 cm³/mol. The van der Waals surface area contributed by atoms with E-state index in [0.29, 0.717) is 84.3 Å². The van der Waals surface area contributed by atoms with Crippen LogP contribution in [0.3, 0.4) is 0 Å². The van der Waals surface area contributed by atoms with Crippen LogP contribution in [-0.4, -0.2) is 126 Å². The van der Waals surface area contributed by atoms with Crippen LogP contribution in [0.4, 0.5) is 17.3 Å². The number of anilines is 3. The summed E-state index contributed by atoms with van der Waals surface area (Å²) in [5, 5.41) is 6.32. The molecule has 1 amide bonds. The molecule has 0 aliphatic carbocycles. The molecule has 3 heterocycles. The van der Waals surface area contributed by atoms with E-state index >= 15 is 0 Å². The van der Waals surface area contributed by atoms with Gasteiger partial charge in [0.1, 0.15) is 6.61 Å². The molecule has 286 valence electrons. The Morgan fingerprint density at radius 1 is 0.788 bits per heavy atom. The molecule has 52 heavy (non-hydrogen) atoms. The quantitative estimate of drug-likeness (QED) is 0.115. The van der Waals surface area contributed by atoms with Gasteiger partial charge in [-0.05, 0) is 44.4 Å². The third kappa shape index (κ3) is 16.3. The Balaban J connectivity index is 1.02. The maximum atomic E-state index is 12.7. The van der Waals surface area contributed by atoms with Gasteiger partial charge >= 0.3 is 0 Å². The lowest BCUT2D eigenvalue weighted by Crippen LogP contribution is -2.37. The number of benzene rings is 1. The molecule has 0 bridgehead atoms. The number of carbonyl (C=O) groups excluding carboxylic acids is 1. The number of pyridine rings is 1. The predicted octanol–water partition coefficient (Wildman–Crippen LogP) is 4.14. The molecule has 2 aromatic heterocycles. The van der Waals surface area contributed by atoms with Crippen molar-refractivity contribution in [2.75, 3.05) is 108 Å². The summed E-state index contributed by atoms with van der Waals surface area (Å²) in [6.45, 7) is 10.9. The van der Waals surface area contributed by atoms with Crippen LogP contribution in [0.5, 0.6) is 0 Å². The second-order valence-corrected chi connectivity index (χ2v) is 12.6. The van der Waals surface area contributed by atoms with Crippen molar-refractivity contribution in [2.45, 2.75) is 51.9 Å². The van der Waals surface area contributed by atoms with Gasteiger partial charge < -0.3 is 48.7 Å². The summed E-state index contributed by atoms with van der Waals surface area (Å²) in [5.74, 6) is 0.454. The number of nitrogens with zero attached hydrogens (tertiary/aromatic N) is 4. The van der Waals surface area contributed by atoms with Crippen LogP contribution < -0.4 is 15.5 Å². The molecule has 1 aliphatic heterocycles. The first kappa shape index (κ1) is 41.0. The lowest BCUT2D eigenvalue weighted by molar-refractivity contribution is -0.121. The van der Waals surface area contributed by atoms with Crippen molar-refractivity contribution in [3.05, 3.63) is 71.8 Å². The molecule has 4 rings (SSSR count). The average Bonchev–Trinajstić information content (AvgIpc) is 3.15. The van der Waals surface area contributed by atoms with Crippen LogP contribution in [0.15, 0.2) is 54.9 Å². The number of carbonyl (C=O) groups is 1. The van der Waals surface area contributed by atoms with Crippen molar-refractivity contribution in [3.63, 3.8) is 0 Å². The summed E-state index contributed by atoms with van der Waals surface area (Å²) in [4.78, 5) is 28.8. The Kier molecular flexibility index (Phi) is 19.3. The van der Waals surface area contributed by atoms with Gasteiger partial charge in [0.2, 0.25) is 11.9 Å². The fraction of sp³-hybridized carbons (Fsp3) is 0.579. The van der Waals surface area contributed by atoms with Gasteiger partial charge in [0.25, 0.3) is 0 Å². The first-order valence-corrected chi connectivity index (χ1v) is 18.2.